The van der Waals surface area contributed by atoms with Crippen molar-refractivity contribution in [3.63, 3.8) is 0 Å². The summed E-state index contributed by atoms with van der Waals surface area (Å²) in [5, 5.41) is 3.83. The maximum absolute atomic E-state index is 12.7. The van der Waals surface area contributed by atoms with Crippen molar-refractivity contribution < 1.29 is 17.4 Å². The first-order chi connectivity index (χ1) is 15.7. The molecule has 3 aromatic carbocycles. The molecule has 0 atom stereocenters. The van der Waals surface area contributed by atoms with E-state index in [-0.39, 0.29) is 16.6 Å². The number of hydrogen-bond acceptors (Lipinski definition) is 6. The molecule has 0 unspecified atom stereocenters. The summed E-state index contributed by atoms with van der Waals surface area (Å²) in [6, 6.07) is 17.7. The first-order valence-electron chi connectivity index (χ1n) is 9.56. The third-order valence-corrected chi connectivity index (χ3v) is 7.21. The molecule has 1 aliphatic heterocycles. The molecule has 0 aromatic heterocycles. The van der Waals surface area contributed by atoms with E-state index in [1.54, 1.807) is 54.6 Å². The lowest BCUT2D eigenvalue weighted by Crippen LogP contribution is -2.19. The Kier molecular flexibility index (Phi) is 6.81. The standard InChI is InChI=1S/C23H16Cl2N2O4S2/c1-14-6-9-17(10-7-14)33(29,30)31-20-5-3-2-4-15(20)12-21-22(28)27-23(32-21)26-19-13-16(24)8-11-18(19)25/h2-13H,1H3,(H,26,27,28)/b21-12+. The van der Waals surface area contributed by atoms with Crippen LogP contribution in [0.3, 0.4) is 0 Å². The summed E-state index contributed by atoms with van der Waals surface area (Å²) in [4.78, 5) is 17.2. The Morgan fingerprint density at radius 2 is 1.76 bits per heavy atom. The molecule has 4 rings (SSSR count). The van der Waals surface area contributed by atoms with Gasteiger partial charge in [-0.1, -0.05) is 59.1 Å². The Morgan fingerprint density at radius 1 is 1.03 bits per heavy atom. The smallest absolute Gasteiger partial charge is 0.339 e. The van der Waals surface area contributed by atoms with E-state index < -0.39 is 10.1 Å². The molecule has 33 heavy (non-hydrogen) atoms. The minimum absolute atomic E-state index is 0.0383. The number of amides is 1. The van der Waals surface area contributed by atoms with E-state index in [2.05, 4.69) is 10.3 Å². The maximum atomic E-state index is 12.7. The third kappa shape index (κ3) is 5.59. The van der Waals surface area contributed by atoms with Crippen LogP contribution in [0.4, 0.5) is 5.69 Å². The van der Waals surface area contributed by atoms with Crippen LogP contribution in [-0.4, -0.2) is 19.5 Å². The lowest BCUT2D eigenvalue weighted by molar-refractivity contribution is -0.115. The molecule has 6 nitrogen and oxygen atoms in total. The molecule has 168 valence electrons. The fraction of sp³-hybridized carbons (Fsp3) is 0.0435. The number of amidine groups is 1. The van der Waals surface area contributed by atoms with Gasteiger partial charge in [0.15, 0.2) is 5.17 Å². The number of nitrogens with one attached hydrogen (secondary N) is 1. The largest absolute Gasteiger partial charge is 0.378 e. The zero-order chi connectivity index (χ0) is 23.6. The molecular formula is C23H16Cl2N2O4S2. The minimum Gasteiger partial charge on any atom is -0.378 e. The summed E-state index contributed by atoms with van der Waals surface area (Å²) < 4.78 is 30.8. The second-order valence-corrected chi connectivity index (χ2v) is 10.4. The van der Waals surface area contributed by atoms with Crippen molar-refractivity contribution in [1.82, 2.24) is 5.32 Å². The monoisotopic (exact) mass is 518 g/mol. The lowest BCUT2D eigenvalue weighted by Gasteiger charge is -2.10. The average Bonchev–Trinajstić information content (AvgIpc) is 3.11. The van der Waals surface area contributed by atoms with Gasteiger partial charge in [0, 0.05) is 10.6 Å². The van der Waals surface area contributed by atoms with Gasteiger partial charge in [-0.3, -0.25) is 4.79 Å². The van der Waals surface area contributed by atoms with Gasteiger partial charge in [0.25, 0.3) is 5.91 Å². The summed E-state index contributed by atoms with van der Waals surface area (Å²) in [6.07, 6.45) is 1.54. The molecule has 1 aliphatic rings. The van der Waals surface area contributed by atoms with E-state index >= 15 is 0 Å². The molecule has 3 aromatic rings. The predicted octanol–water partition coefficient (Wildman–Crippen LogP) is 5.96. The molecule has 0 spiro atoms. The number of aliphatic imine (C=N–C) groups is 1. The highest BCUT2D eigenvalue weighted by atomic mass is 35.5. The van der Waals surface area contributed by atoms with Crippen molar-refractivity contribution in [3.05, 3.63) is 92.8 Å². The number of nitrogens with zero attached hydrogens (tertiary/aromatic N) is 1. The van der Waals surface area contributed by atoms with Crippen molar-refractivity contribution in [3.8, 4) is 5.75 Å². The summed E-state index contributed by atoms with van der Waals surface area (Å²) in [5.41, 5.74) is 1.77. The number of benzene rings is 3. The molecule has 10 heteroatoms. The fourth-order valence-corrected chi connectivity index (χ4v) is 4.96. The van der Waals surface area contributed by atoms with Crippen LogP contribution in [0, 0.1) is 6.92 Å². The Labute approximate surface area is 205 Å². The number of halogens is 2. The Bertz CT molecular complexity index is 1400. The van der Waals surface area contributed by atoms with Crippen LogP contribution >= 0.6 is 35.0 Å². The predicted molar refractivity (Wildman–Crippen MR) is 133 cm³/mol. The van der Waals surface area contributed by atoms with Gasteiger partial charge in [0.2, 0.25) is 0 Å². The van der Waals surface area contributed by atoms with E-state index in [1.807, 2.05) is 6.92 Å². The van der Waals surface area contributed by atoms with Crippen LogP contribution < -0.4 is 9.50 Å². The van der Waals surface area contributed by atoms with Crippen molar-refractivity contribution in [1.29, 1.82) is 0 Å². The van der Waals surface area contributed by atoms with Gasteiger partial charge in [-0.2, -0.15) is 8.42 Å². The van der Waals surface area contributed by atoms with Crippen molar-refractivity contribution in [2.45, 2.75) is 11.8 Å². The maximum Gasteiger partial charge on any atom is 0.339 e. The number of carbonyl (C=O) groups excluding carboxylic acids is 1. The first-order valence-corrected chi connectivity index (χ1v) is 12.5. The van der Waals surface area contributed by atoms with Crippen molar-refractivity contribution in [2.24, 2.45) is 4.99 Å². The van der Waals surface area contributed by atoms with E-state index in [0.29, 0.717) is 31.4 Å². The highest BCUT2D eigenvalue weighted by molar-refractivity contribution is 8.18. The summed E-state index contributed by atoms with van der Waals surface area (Å²) in [5.74, 6) is -0.282. The molecule has 0 aliphatic carbocycles. The van der Waals surface area contributed by atoms with E-state index in [9.17, 15) is 13.2 Å². The highest BCUT2D eigenvalue weighted by Gasteiger charge is 2.25. The highest BCUT2D eigenvalue weighted by Crippen LogP contribution is 2.34. The number of carbonyl (C=O) groups is 1. The van der Waals surface area contributed by atoms with Crippen LogP contribution in [0.5, 0.6) is 5.75 Å². The summed E-state index contributed by atoms with van der Waals surface area (Å²) in [6.45, 7) is 1.86. The number of rotatable bonds is 5. The Balaban J connectivity index is 1.61. The molecule has 1 fully saturated rings. The molecule has 1 N–H and O–H groups in total. The van der Waals surface area contributed by atoms with Crippen LogP contribution in [0.25, 0.3) is 6.08 Å². The fourth-order valence-electron chi connectivity index (χ4n) is 2.85. The summed E-state index contributed by atoms with van der Waals surface area (Å²) in [7, 11) is -4.05. The minimum atomic E-state index is -4.05. The van der Waals surface area contributed by atoms with Gasteiger partial charge in [-0.15, -0.1) is 0 Å². The quantitative estimate of drug-likeness (QED) is 0.332. The van der Waals surface area contributed by atoms with E-state index in [4.69, 9.17) is 27.4 Å². The number of aryl methyl sites for hydroxylation is 1. The normalized spacial score (nSPS) is 16.3. The van der Waals surface area contributed by atoms with Gasteiger partial charge >= 0.3 is 10.1 Å². The molecule has 0 saturated carbocycles. The Morgan fingerprint density at radius 3 is 2.52 bits per heavy atom. The second-order valence-electron chi connectivity index (χ2n) is 6.97. The molecule has 1 amide bonds. The molecule has 1 saturated heterocycles. The van der Waals surface area contributed by atoms with Gasteiger partial charge in [0.1, 0.15) is 10.6 Å². The topological polar surface area (TPSA) is 84.8 Å². The molecule has 0 radical (unpaired) electrons. The van der Waals surface area contributed by atoms with Crippen LogP contribution in [0.2, 0.25) is 10.0 Å². The van der Waals surface area contributed by atoms with Gasteiger partial charge in [-0.25, -0.2) is 4.99 Å². The second kappa shape index (κ2) is 9.61. The van der Waals surface area contributed by atoms with Gasteiger partial charge in [-0.05, 0) is 61.2 Å². The molecule has 1 heterocycles. The van der Waals surface area contributed by atoms with Gasteiger partial charge in [0.05, 0.1) is 15.6 Å². The summed E-state index contributed by atoms with van der Waals surface area (Å²) >= 11 is 13.2. The third-order valence-electron chi connectivity index (χ3n) is 4.50. The number of thioether (sulfide) groups is 1. The first kappa shape index (κ1) is 23.4. The SMILES string of the molecule is Cc1ccc(S(=O)(=O)Oc2ccccc2/C=C2/SC(=Nc3cc(Cl)ccc3Cl)NC2=O)cc1. The van der Waals surface area contributed by atoms with E-state index in [1.165, 1.54) is 18.2 Å². The Hall–Kier alpha value is -2.78. The number of hydrogen-bond donors (Lipinski definition) is 1. The number of para-hydroxylation sites is 1. The van der Waals surface area contributed by atoms with Crippen LogP contribution in [0.15, 0.2) is 81.5 Å². The van der Waals surface area contributed by atoms with Crippen molar-refractivity contribution in [2.75, 3.05) is 0 Å². The van der Waals surface area contributed by atoms with Crippen LogP contribution in [-0.2, 0) is 14.9 Å². The molecular weight excluding hydrogens is 503 g/mol. The average molecular weight is 519 g/mol. The van der Waals surface area contributed by atoms with Crippen LogP contribution in [0.1, 0.15) is 11.1 Å². The zero-order valence-electron chi connectivity index (χ0n) is 17.1. The van der Waals surface area contributed by atoms with Crippen molar-refractivity contribution >= 4 is 67.9 Å². The van der Waals surface area contributed by atoms with Gasteiger partial charge < -0.3 is 9.50 Å². The van der Waals surface area contributed by atoms with E-state index in [0.717, 1.165) is 17.3 Å². The lowest BCUT2D eigenvalue weighted by atomic mass is 10.2. The molecule has 0 bridgehead atoms. The zero-order valence-corrected chi connectivity index (χ0v) is 20.2.